The largest absolute Gasteiger partial charge is 0.481 e. The van der Waals surface area contributed by atoms with E-state index >= 15 is 0 Å². The number of benzene rings is 1. The van der Waals surface area contributed by atoms with Crippen LogP contribution in [-0.2, 0) is 11.2 Å². The lowest BCUT2D eigenvalue weighted by molar-refractivity contribution is -0.136. The number of carbonyl (C=O) groups is 1. The number of carboxylic acid groups (broad SMARTS) is 1. The molecule has 0 amide bonds. The second kappa shape index (κ2) is 4.64. The third-order valence-corrected chi connectivity index (χ3v) is 2.92. The van der Waals surface area contributed by atoms with E-state index in [2.05, 4.69) is 5.10 Å². The Kier molecular flexibility index (Phi) is 3.19. The van der Waals surface area contributed by atoms with Crippen LogP contribution in [0.25, 0.3) is 5.69 Å². The van der Waals surface area contributed by atoms with Gasteiger partial charge >= 0.3 is 5.97 Å². The molecule has 0 fully saturated rings. The Balaban J connectivity index is 2.51. The standard InChI is InChI=1S/C14H16N2O2/c1-9-5-4-6-10(2)14(9)16-11(3)7-12(15-16)8-13(17)18/h4-7H,8H2,1-3H3,(H,17,18). The summed E-state index contributed by atoms with van der Waals surface area (Å²) in [5.41, 5.74) is 4.82. The minimum Gasteiger partial charge on any atom is -0.481 e. The fraction of sp³-hybridized carbons (Fsp3) is 0.286. The van der Waals surface area contributed by atoms with E-state index in [1.165, 1.54) is 0 Å². The molecule has 0 radical (unpaired) electrons. The number of hydrogen-bond acceptors (Lipinski definition) is 2. The number of hydrogen-bond donors (Lipinski definition) is 1. The van der Waals surface area contributed by atoms with E-state index in [9.17, 15) is 4.79 Å². The van der Waals surface area contributed by atoms with Gasteiger partial charge in [-0.2, -0.15) is 5.10 Å². The molecule has 18 heavy (non-hydrogen) atoms. The van der Waals surface area contributed by atoms with Gasteiger partial charge in [0, 0.05) is 5.69 Å². The fourth-order valence-electron chi connectivity index (χ4n) is 2.15. The topological polar surface area (TPSA) is 55.1 Å². The van der Waals surface area contributed by atoms with Gasteiger partial charge in [-0.05, 0) is 38.0 Å². The summed E-state index contributed by atoms with van der Waals surface area (Å²) in [6.07, 6.45) is -0.0429. The second-order valence-electron chi connectivity index (χ2n) is 4.50. The molecule has 1 heterocycles. The normalized spacial score (nSPS) is 10.6. The molecule has 0 spiro atoms. The van der Waals surface area contributed by atoms with Gasteiger partial charge in [0.1, 0.15) is 0 Å². The highest BCUT2D eigenvalue weighted by Crippen LogP contribution is 2.20. The number of rotatable bonds is 3. The Labute approximate surface area is 106 Å². The lowest BCUT2D eigenvalue weighted by Crippen LogP contribution is -2.05. The van der Waals surface area contributed by atoms with Crippen LogP contribution in [0.15, 0.2) is 24.3 Å². The molecule has 4 nitrogen and oxygen atoms in total. The number of carboxylic acids is 1. The van der Waals surface area contributed by atoms with Crippen molar-refractivity contribution in [3.05, 3.63) is 46.8 Å². The van der Waals surface area contributed by atoms with Crippen molar-refractivity contribution in [1.82, 2.24) is 9.78 Å². The van der Waals surface area contributed by atoms with E-state index in [0.29, 0.717) is 5.69 Å². The van der Waals surface area contributed by atoms with Gasteiger partial charge in [-0.25, -0.2) is 4.68 Å². The van der Waals surface area contributed by atoms with Gasteiger partial charge in [0.2, 0.25) is 0 Å². The van der Waals surface area contributed by atoms with Crippen LogP contribution in [0.4, 0.5) is 0 Å². The van der Waals surface area contributed by atoms with Crippen molar-refractivity contribution in [2.24, 2.45) is 0 Å². The molecule has 2 rings (SSSR count). The average molecular weight is 244 g/mol. The van der Waals surface area contributed by atoms with E-state index < -0.39 is 5.97 Å². The Bertz CT molecular complexity index is 580. The first-order valence-corrected chi connectivity index (χ1v) is 5.83. The van der Waals surface area contributed by atoms with Crippen molar-refractivity contribution in [1.29, 1.82) is 0 Å². The van der Waals surface area contributed by atoms with Gasteiger partial charge < -0.3 is 5.11 Å². The molecule has 0 bridgehead atoms. The SMILES string of the molecule is Cc1cccc(C)c1-n1nc(CC(=O)O)cc1C. The minimum absolute atomic E-state index is 0.0429. The Hall–Kier alpha value is -2.10. The molecule has 0 saturated heterocycles. The fourth-order valence-corrected chi connectivity index (χ4v) is 2.15. The third kappa shape index (κ3) is 2.27. The van der Waals surface area contributed by atoms with Gasteiger partial charge in [0.25, 0.3) is 0 Å². The smallest absolute Gasteiger partial charge is 0.309 e. The summed E-state index contributed by atoms with van der Waals surface area (Å²) in [5.74, 6) is -0.860. The quantitative estimate of drug-likeness (QED) is 0.902. The molecule has 1 N–H and O–H groups in total. The van der Waals surface area contributed by atoms with Gasteiger partial charge in [0.15, 0.2) is 0 Å². The van der Waals surface area contributed by atoms with Crippen molar-refractivity contribution in [2.75, 3.05) is 0 Å². The molecular weight excluding hydrogens is 228 g/mol. The van der Waals surface area contributed by atoms with Crippen molar-refractivity contribution in [2.45, 2.75) is 27.2 Å². The first kappa shape index (κ1) is 12.4. The van der Waals surface area contributed by atoms with Crippen LogP contribution < -0.4 is 0 Å². The molecule has 1 aromatic heterocycles. The van der Waals surface area contributed by atoms with E-state index in [-0.39, 0.29) is 6.42 Å². The first-order chi connectivity index (χ1) is 8.49. The zero-order valence-electron chi connectivity index (χ0n) is 10.8. The van der Waals surface area contributed by atoms with Crippen LogP contribution >= 0.6 is 0 Å². The Morgan fingerprint density at radius 2 is 1.89 bits per heavy atom. The molecule has 0 saturated carbocycles. The number of aryl methyl sites for hydroxylation is 3. The molecule has 0 aliphatic heterocycles. The van der Waals surface area contributed by atoms with Crippen LogP contribution in [-0.4, -0.2) is 20.9 Å². The minimum atomic E-state index is -0.860. The van der Waals surface area contributed by atoms with Crippen LogP contribution in [0.3, 0.4) is 0 Å². The van der Waals surface area contributed by atoms with Gasteiger partial charge in [0.05, 0.1) is 17.8 Å². The number of para-hydroxylation sites is 1. The molecule has 1 aromatic carbocycles. The third-order valence-electron chi connectivity index (χ3n) is 2.92. The number of aliphatic carboxylic acids is 1. The van der Waals surface area contributed by atoms with Gasteiger partial charge in [-0.15, -0.1) is 0 Å². The van der Waals surface area contributed by atoms with Crippen molar-refractivity contribution < 1.29 is 9.90 Å². The predicted molar refractivity (Wildman–Crippen MR) is 69.1 cm³/mol. The molecule has 0 unspecified atom stereocenters. The first-order valence-electron chi connectivity index (χ1n) is 5.83. The Morgan fingerprint density at radius 3 is 2.44 bits per heavy atom. The summed E-state index contributed by atoms with van der Waals surface area (Å²) in [5, 5.41) is 13.2. The van der Waals surface area contributed by atoms with E-state index in [1.807, 2.05) is 49.7 Å². The summed E-state index contributed by atoms with van der Waals surface area (Å²) in [7, 11) is 0. The maximum absolute atomic E-state index is 10.7. The molecule has 2 aromatic rings. The van der Waals surface area contributed by atoms with Crippen molar-refractivity contribution >= 4 is 5.97 Å². The summed E-state index contributed by atoms with van der Waals surface area (Å²) in [6.45, 7) is 5.99. The van der Waals surface area contributed by atoms with Gasteiger partial charge in [-0.3, -0.25) is 4.79 Å². The average Bonchev–Trinajstić information content (AvgIpc) is 2.58. The van der Waals surface area contributed by atoms with E-state index in [4.69, 9.17) is 5.11 Å². The highest BCUT2D eigenvalue weighted by molar-refractivity contribution is 5.69. The molecule has 0 aliphatic rings. The lowest BCUT2D eigenvalue weighted by atomic mass is 10.1. The van der Waals surface area contributed by atoms with Crippen LogP contribution in [0.2, 0.25) is 0 Å². The maximum Gasteiger partial charge on any atom is 0.309 e. The number of nitrogens with zero attached hydrogens (tertiary/aromatic N) is 2. The van der Waals surface area contributed by atoms with Crippen molar-refractivity contribution in [3.8, 4) is 5.69 Å². The molecule has 0 aliphatic carbocycles. The molecule has 94 valence electrons. The van der Waals surface area contributed by atoms with Crippen LogP contribution in [0.1, 0.15) is 22.5 Å². The highest BCUT2D eigenvalue weighted by atomic mass is 16.4. The number of aromatic nitrogens is 2. The second-order valence-corrected chi connectivity index (χ2v) is 4.50. The Morgan fingerprint density at radius 1 is 1.28 bits per heavy atom. The summed E-state index contributed by atoms with van der Waals surface area (Å²) >= 11 is 0. The zero-order valence-corrected chi connectivity index (χ0v) is 10.8. The molecule has 0 atom stereocenters. The monoisotopic (exact) mass is 244 g/mol. The van der Waals surface area contributed by atoms with Crippen LogP contribution in [0.5, 0.6) is 0 Å². The highest BCUT2D eigenvalue weighted by Gasteiger charge is 2.12. The van der Waals surface area contributed by atoms with Crippen molar-refractivity contribution in [3.63, 3.8) is 0 Å². The maximum atomic E-state index is 10.7. The predicted octanol–water partition coefficient (Wildman–Crippen LogP) is 2.42. The van der Waals surface area contributed by atoms with E-state index in [1.54, 1.807) is 0 Å². The van der Waals surface area contributed by atoms with E-state index in [0.717, 1.165) is 22.5 Å². The summed E-state index contributed by atoms with van der Waals surface area (Å²) in [6, 6.07) is 7.88. The lowest BCUT2D eigenvalue weighted by Gasteiger charge is -2.11. The summed E-state index contributed by atoms with van der Waals surface area (Å²) in [4.78, 5) is 10.7. The zero-order chi connectivity index (χ0) is 13.3. The molecule has 4 heteroatoms. The molecular formula is C14H16N2O2. The summed E-state index contributed by atoms with van der Waals surface area (Å²) < 4.78 is 1.82. The van der Waals surface area contributed by atoms with Gasteiger partial charge in [-0.1, -0.05) is 18.2 Å². The van der Waals surface area contributed by atoms with Crippen LogP contribution in [0, 0.1) is 20.8 Å².